The Kier molecular flexibility index (Phi) is 3.32. The minimum atomic E-state index is -0.295. The fourth-order valence-corrected chi connectivity index (χ4v) is 0.623. The Morgan fingerprint density at radius 3 is 2.91 bits per heavy atom. The van der Waals surface area contributed by atoms with E-state index in [0.717, 1.165) is 0 Å². The van der Waals surface area contributed by atoms with Crippen molar-refractivity contribution in [3.8, 4) is 0 Å². The normalized spacial score (nSPS) is 21.4. The highest BCUT2D eigenvalue weighted by Gasteiger charge is 2.32. The van der Waals surface area contributed by atoms with Gasteiger partial charge in [-0.15, -0.1) is 0 Å². The molecule has 1 saturated heterocycles. The molecule has 1 atom stereocenters. The number of carbonyl (C=O) groups is 1. The van der Waals surface area contributed by atoms with Gasteiger partial charge in [0.05, 0.1) is 13.2 Å². The van der Waals surface area contributed by atoms with E-state index in [0.29, 0.717) is 26.4 Å². The number of ether oxygens (including phenoxy) is 3. The molecule has 11 heavy (non-hydrogen) atoms. The average molecular weight is 160 g/mol. The highest BCUT2D eigenvalue weighted by molar-refractivity contribution is 5.76. The van der Waals surface area contributed by atoms with Crippen LogP contribution in [0.1, 0.15) is 6.92 Å². The van der Waals surface area contributed by atoms with Crippen LogP contribution in [0.25, 0.3) is 0 Å². The van der Waals surface area contributed by atoms with Gasteiger partial charge >= 0.3 is 5.97 Å². The molecule has 0 aromatic carbocycles. The molecule has 1 aliphatic heterocycles. The van der Waals surface area contributed by atoms with Crippen LogP contribution in [0, 0.1) is 0 Å². The quantitative estimate of drug-likeness (QED) is 0.322. The van der Waals surface area contributed by atoms with Crippen LogP contribution in [0.3, 0.4) is 0 Å². The number of hydrogen-bond acceptors (Lipinski definition) is 4. The lowest BCUT2D eigenvalue weighted by atomic mass is 10.5. The van der Waals surface area contributed by atoms with Crippen molar-refractivity contribution in [2.45, 2.75) is 13.0 Å². The molecule has 0 radical (unpaired) electrons. The van der Waals surface area contributed by atoms with Crippen molar-refractivity contribution in [3.05, 3.63) is 0 Å². The molecule has 0 aromatic heterocycles. The molecule has 64 valence electrons. The maximum atomic E-state index is 10.8. The zero-order valence-electron chi connectivity index (χ0n) is 6.54. The van der Waals surface area contributed by atoms with Crippen molar-refractivity contribution >= 4 is 5.97 Å². The van der Waals surface area contributed by atoms with Crippen LogP contribution >= 0.6 is 0 Å². The Labute approximate surface area is 65.4 Å². The Bertz CT molecular complexity index is 130. The number of esters is 1. The third kappa shape index (κ3) is 3.34. The van der Waals surface area contributed by atoms with E-state index < -0.39 is 0 Å². The van der Waals surface area contributed by atoms with Gasteiger partial charge < -0.3 is 14.2 Å². The van der Waals surface area contributed by atoms with E-state index in [1.807, 2.05) is 6.92 Å². The Morgan fingerprint density at radius 1 is 1.64 bits per heavy atom. The Hall–Kier alpha value is -0.610. The molecule has 0 bridgehead atoms. The largest absolute Gasteiger partial charge is 0.461 e. The van der Waals surface area contributed by atoms with Crippen molar-refractivity contribution < 1.29 is 19.0 Å². The molecule has 1 unspecified atom stereocenters. The van der Waals surface area contributed by atoms with Crippen molar-refractivity contribution in [2.24, 2.45) is 0 Å². The van der Waals surface area contributed by atoms with E-state index in [1.54, 1.807) is 0 Å². The molecule has 4 nitrogen and oxygen atoms in total. The summed E-state index contributed by atoms with van der Waals surface area (Å²) in [5.41, 5.74) is 0. The molecule has 0 aromatic rings. The van der Waals surface area contributed by atoms with E-state index in [2.05, 4.69) is 0 Å². The standard InChI is InChI=1S/C7H12O4/c1-2-9-3-4-10-7(8)6-5-11-6/h6H,2-5H2,1H3. The van der Waals surface area contributed by atoms with Gasteiger partial charge in [-0.3, -0.25) is 0 Å². The highest BCUT2D eigenvalue weighted by atomic mass is 16.6. The van der Waals surface area contributed by atoms with Gasteiger partial charge in [-0.25, -0.2) is 4.79 Å². The molecule has 1 rings (SSSR count). The average Bonchev–Trinajstić information content (AvgIpc) is 2.79. The van der Waals surface area contributed by atoms with Gasteiger partial charge in [0, 0.05) is 6.61 Å². The smallest absolute Gasteiger partial charge is 0.337 e. The molecule has 1 aliphatic rings. The SMILES string of the molecule is CCOCCOC(=O)C1CO1. The van der Waals surface area contributed by atoms with E-state index in [9.17, 15) is 4.79 Å². The first-order valence-electron chi connectivity index (χ1n) is 3.70. The van der Waals surface area contributed by atoms with Crippen LogP contribution in [0.2, 0.25) is 0 Å². The maximum absolute atomic E-state index is 10.8. The third-order valence-electron chi connectivity index (χ3n) is 1.27. The monoisotopic (exact) mass is 160 g/mol. The lowest BCUT2D eigenvalue weighted by Crippen LogP contribution is -2.15. The molecular weight excluding hydrogens is 148 g/mol. The first kappa shape index (κ1) is 8.49. The van der Waals surface area contributed by atoms with Crippen LogP contribution in [0.5, 0.6) is 0 Å². The summed E-state index contributed by atoms with van der Waals surface area (Å²) in [5.74, 6) is -0.273. The Morgan fingerprint density at radius 2 is 2.36 bits per heavy atom. The predicted octanol–water partition coefficient (Wildman–Crippen LogP) is -0.0351. The number of epoxide rings is 1. The van der Waals surface area contributed by atoms with E-state index in [1.165, 1.54) is 0 Å². The van der Waals surface area contributed by atoms with Crippen LogP contribution < -0.4 is 0 Å². The third-order valence-corrected chi connectivity index (χ3v) is 1.27. The summed E-state index contributed by atoms with van der Waals surface area (Å²) in [6, 6.07) is 0. The van der Waals surface area contributed by atoms with Crippen molar-refractivity contribution in [1.82, 2.24) is 0 Å². The van der Waals surface area contributed by atoms with Gasteiger partial charge in [-0.05, 0) is 6.92 Å². The summed E-state index contributed by atoms with van der Waals surface area (Å²) in [7, 11) is 0. The summed E-state index contributed by atoms with van der Waals surface area (Å²) in [6.07, 6.45) is -0.295. The molecule has 1 fully saturated rings. The van der Waals surface area contributed by atoms with Crippen LogP contribution in [0.15, 0.2) is 0 Å². The zero-order valence-corrected chi connectivity index (χ0v) is 6.54. The molecule has 0 amide bonds. The van der Waals surface area contributed by atoms with Crippen molar-refractivity contribution in [3.63, 3.8) is 0 Å². The fourth-order valence-electron chi connectivity index (χ4n) is 0.623. The summed E-state index contributed by atoms with van der Waals surface area (Å²) in [4.78, 5) is 10.8. The Balaban J connectivity index is 1.89. The van der Waals surface area contributed by atoms with E-state index in [4.69, 9.17) is 14.2 Å². The van der Waals surface area contributed by atoms with Crippen LogP contribution in [-0.2, 0) is 19.0 Å². The molecule has 0 spiro atoms. The van der Waals surface area contributed by atoms with Crippen molar-refractivity contribution in [1.29, 1.82) is 0 Å². The maximum Gasteiger partial charge on any atom is 0.337 e. The zero-order chi connectivity index (χ0) is 8.10. The summed E-state index contributed by atoms with van der Waals surface area (Å²) < 4.78 is 14.5. The van der Waals surface area contributed by atoms with E-state index in [-0.39, 0.29) is 12.1 Å². The second-order valence-electron chi connectivity index (χ2n) is 2.19. The first-order valence-corrected chi connectivity index (χ1v) is 3.70. The lowest BCUT2D eigenvalue weighted by molar-refractivity contribution is -0.146. The van der Waals surface area contributed by atoms with Gasteiger partial charge in [0.1, 0.15) is 6.61 Å². The number of hydrogen-bond donors (Lipinski definition) is 0. The van der Waals surface area contributed by atoms with Gasteiger partial charge in [0.15, 0.2) is 6.10 Å². The molecule has 1 heterocycles. The molecule has 4 heteroatoms. The van der Waals surface area contributed by atoms with Gasteiger partial charge in [-0.1, -0.05) is 0 Å². The van der Waals surface area contributed by atoms with E-state index >= 15 is 0 Å². The second kappa shape index (κ2) is 4.31. The van der Waals surface area contributed by atoms with Gasteiger partial charge in [0.25, 0.3) is 0 Å². The number of carbonyl (C=O) groups excluding carboxylic acids is 1. The van der Waals surface area contributed by atoms with Crippen LogP contribution in [0.4, 0.5) is 0 Å². The number of rotatable bonds is 5. The molecule has 0 aliphatic carbocycles. The van der Waals surface area contributed by atoms with Crippen molar-refractivity contribution in [2.75, 3.05) is 26.4 Å². The minimum Gasteiger partial charge on any atom is -0.461 e. The summed E-state index contributed by atoms with van der Waals surface area (Å²) >= 11 is 0. The predicted molar refractivity (Wildman–Crippen MR) is 37.2 cm³/mol. The minimum absolute atomic E-state index is 0.273. The summed E-state index contributed by atoms with van der Waals surface area (Å²) in [5, 5.41) is 0. The molecule has 0 saturated carbocycles. The second-order valence-corrected chi connectivity index (χ2v) is 2.19. The molecule has 0 N–H and O–H groups in total. The lowest BCUT2D eigenvalue weighted by Gasteiger charge is -2.01. The molecular formula is C7H12O4. The fraction of sp³-hybridized carbons (Fsp3) is 0.857. The van der Waals surface area contributed by atoms with Gasteiger partial charge in [-0.2, -0.15) is 0 Å². The highest BCUT2D eigenvalue weighted by Crippen LogP contribution is 2.09. The topological polar surface area (TPSA) is 48.1 Å². The summed E-state index contributed by atoms with van der Waals surface area (Å²) in [6.45, 7) is 3.85. The van der Waals surface area contributed by atoms with Gasteiger partial charge in [0.2, 0.25) is 0 Å². The first-order chi connectivity index (χ1) is 5.34. The van der Waals surface area contributed by atoms with Crippen LogP contribution in [-0.4, -0.2) is 38.5 Å².